The second kappa shape index (κ2) is 17.7. The van der Waals surface area contributed by atoms with E-state index in [0.29, 0.717) is 27.9 Å². The van der Waals surface area contributed by atoms with E-state index in [1.54, 1.807) is 23.9 Å². The molecule has 3 heterocycles. The van der Waals surface area contributed by atoms with Crippen molar-refractivity contribution in [2.75, 3.05) is 4.90 Å². The van der Waals surface area contributed by atoms with Crippen molar-refractivity contribution in [3.8, 4) is 27.9 Å². The van der Waals surface area contributed by atoms with Crippen molar-refractivity contribution in [3.05, 3.63) is 223 Å². The Labute approximate surface area is 427 Å². The molecule has 0 radical (unpaired) electrons. The summed E-state index contributed by atoms with van der Waals surface area (Å²) in [5, 5.41) is 2.36. The van der Waals surface area contributed by atoms with Crippen LogP contribution >= 0.6 is 11.8 Å². The molecular formula is C66H57BF2N2S. The van der Waals surface area contributed by atoms with Gasteiger partial charge in [-0.25, -0.2) is 8.78 Å². The Kier molecular flexibility index (Phi) is 11.6. The van der Waals surface area contributed by atoms with Crippen LogP contribution in [-0.2, 0) is 10.8 Å². The molecule has 0 N–H and O–H groups in total. The van der Waals surface area contributed by atoms with E-state index in [1.165, 1.54) is 44.4 Å². The van der Waals surface area contributed by atoms with Gasteiger partial charge < -0.3 is 9.47 Å². The second-order valence-corrected chi connectivity index (χ2v) is 22.2. The van der Waals surface area contributed by atoms with Gasteiger partial charge >= 0.3 is 0 Å². The van der Waals surface area contributed by atoms with Crippen LogP contribution in [0.4, 0.5) is 25.8 Å². The van der Waals surface area contributed by atoms with E-state index in [9.17, 15) is 0 Å². The van der Waals surface area contributed by atoms with Crippen LogP contribution in [0, 0.1) is 11.6 Å². The fourth-order valence-electron chi connectivity index (χ4n) is 11.1. The number of hydrogen-bond acceptors (Lipinski definition) is 2. The van der Waals surface area contributed by atoms with Crippen molar-refractivity contribution < 1.29 is 8.78 Å². The molecule has 1 aromatic heterocycles. The van der Waals surface area contributed by atoms with Gasteiger partial charge in [-0.3, -0.25) is 0 Å². The molecule has 354 valence electrons. The lowest BCUT2D eigenvalue weighted by atomic mass is 9.34. The zero-order valence-electron chi connectivity index (χ0n) is 42.3. The quantitative estimate of drug-likeness (QED) is 0.111. The van der Waals surface area contributed by atoms with Crippen molar-refractivity contribution in [2.24, 2.45) is 0 Å². The van der Waals surface area contributed by atoms with Gasteiger partial charge in [-0.05, 0) is 118 Å². The van der Waals surface area contributed by atoms with Gasteiger partial charge in [-0.1, -0.05) is 199 Å². The number of hydrogen-bond donors (Lipinski definition) is 0. The summed E-state index contributed by atoms with van der Waals surface area (Å²) >= 11 is 1.79. The Bertz CT molecular complexity index is 3670. The van der Waals surface area contributed by atoms with Gasteiger partial charge in [0.1, 0.15) is 11.6 Å². The first kappa shape index (κ1) is 46.9. The molecule has 6 heteroatoms. The Morgan fingerprint density at radius 3 is 1.56 bits per heavy atom. The molecule has 2 aliphatic rings. The number of allylic oxidation sites excluding steroid dienone is 6. The van der Waals surface area contributed by atoms with Crippen LogP contribution < -0.4 is 21.3 Å². The van der Waals surface area contributed by atoms with Crippen LogP contribution in [0.25, 0.3) is 60.9 Å². The van der Waals surface area contributed by atoms with E-state index in [4.69, 9.17) is 0 Å². The molecule has 2 nitrogen and oxygen atoms in total. The molecular weight excluding hydrogens is 902 g/mol. The zero-order chi connectivity index (χ0) is 50.4. The summed E-state index contributed by atoms with van der Waals surface area (Å²) in [6.07, 6.45) is 8.04. The lowest BCUT2D eigenvalue weighted by Gasteiger charge is -2.42. The minimum absolute atomic E-state index is 0.102. The smallest absolute Gasteiger partial charge is 0.249 e. The van der Waals surface area contributed by atoms with Gasteiger partial charge in [0.15, 0.2) is 0 Å². The Morgan fingerprint density at radius 2 is 1.04 bits per heavy atom. The number of anilines is 3. The number of benzene rings is 8. The van der Waals surface area contributed by atoms with Gasteiger partial charge in [0.25, 0.3) is 0 Å². The van der Waals surface area contributed by atoms with Crippen LogP contribution in [0.1, 0.15) is 77.6 Å². The Morgan fingerprint density at radius 1 is 0.528 bits per heavy atom. The maximum absolute atomic E-state index is 16.6. The average molecular weight is 959 g/mol. The van der Waals surface area contributed by atoms with E-state index in [1.807, 2.05) is 61.5 Å². The third kappa shape index (κ3) is 7.62. The highest BCUT2D eigenvalue weighted by Crippen LogP contribution is 2.51. The van der Waals surface area contributed by atoms with E-state index in [0.717, 1.165) is 66.2 Å². The highest BCUT2D eigenvalue weighted by molar-refractivity contribution is 8.00. The third-order valence-electron chi connectivity index (χ3n) is 14.8. The first-order valence-electron chi connectivity index (χ1n) is 24.9. The summed E-state index contributed by atoms with van der Waals surface area (Å²) in [5.74, 6) is -0.717. The van der Waals surface area contributed by atoms with Gasteiger partial charge in [0.05, 0.1) is 16.7 Å². The Balaban J connectivity index is 1.33. The molecule has 0 spiro atoms. The maximum Gasteiger partial charge on any atom is 0.249 e. The molecule has 0 saturated carbocycles. The summed E-state index contributed by atoms with van der Waals surface area (Å²) in [7, 11) is 0. The fourth-order valence-corrected chi connectivity index (χ4v) is 12.3. The number of rotatable bonds is 8. The zero-order valence-corrected chi connectivity index (χ0v) is 43.1. The van der Waals surface area contributed by atoms with Gasteiger partial charge in [0, 0.05) is 59.9 Å². The van der Waals surface area contributed by atoms with Crippen LogP contribution in [0.15, 0.2) is 199 Å². The molecule has 8 aromatic carbocycles. The highest BCUT2D eigenvalue weighted by atomic mass is 32.2. The van der Waals surface area contributed by atoms with Crippen LogP contribution in [0.2, 0.25) is 0 Å². The molecule has 0 aliphatic carbocycles. The number of nitrogens with zero attached hydrogens (tertiary/aromatic N) is 2. The van der Waals surface area contributed by atoms with Crippen molar-refractivity contribution in [1.29, 1.82) is 0 Å². The predicted molar refractivity (Wildman–Crippen MR) is 307 cm³/mol. The molecule has 9 aromatic rings. The van der Waals surface area contributed by atoms with Crippen LogP contribution in [-0.4, -0.2) is 11.3 Å². The Hall–Kier alpha value is -7.41. The summed E-state index contributed by atoms with van der Waals surface area (Å²) in [6.45, 7) is 25.9. The molecule has 0 unspecified atom stereocenters. The topological polar surface area (TPSA) is 8.17 Å². The number of aromatic nitrogens is 1. The fraction of sp³-hybridized carbons (Fsp3) is 0.152. The van der Waals surface area contributed by atoms with E-state index >= 15 is 8.78 Å². The van der Waals surface area contributed by atoms with Crippen molar-refractivity contribution in [2.45, 2.75) is 76.0 Å². The minimum Gasteiger partial charge on any atom is -0.310 e. The van der Waals surface area contributed by atoms with E-state index in [2.05, 4.69) is 168 Å². The molecule has 0 amide bonds. The lowest BCUT2D eigenvalue weighted by molar-refractivity contribution is 0.591. The lowest BCUT2D eigenvalue weighted by Crippen LogP contribution is -2.60. The molecule has 0 fully saturated rings. The van der Waals surface area contributed by atoms with Crippen molar-refractivity contribution >= 4 is 84.9 Å². The van der Waals surface area contributed by atoms with Gasteiger partial charge in [-0.2, -0.15) is 0 Å². The molecule has 0 atom stereocenters. The number of fused-ring (bicyclic) bond motifs is 7. The van der Waals surface area contributed by atoms with Gasteiger partial charge in [0.2, 0.25) is 6.71 Å². The second-order valence-electron chi connectivity index (χ2n) is 21.1. The standard InChI is InChI=1S/C66H57BF2N2S/c1-11-40(12-2)42-26-32-57-53(34-42)67-54-35-43(41(13-3)14-4)27-33-61(54)72-62-39-46(70-58-36-44(65(5,6)7)28-30-49(58)50-31-29-45(37-59(50)70)66(8,9)10)38-60(63(62)67)71(57)64-51(47-20-15-17-24-55(47)68)22-19-23-52(64)48-21-16-18-25-56(48)69/h11-39H,1,3H2,2,4-10H3/b40-12+,41-14+. The molecule has 0 saturated heterocycles. The number of para-hydroxylation sites is 1. The minimum atomic E-state index is -0.358. The average Bonchev–Trinajstić information content (AvgIpc) is 3.70. The molecule has 11 rings (SSSR count). The normalized spacial score (nSPS) is 13.6. The highest BCUT2D eigenvalue weighted by Gasteiger charge is 2.43. The first-order valence-corrected chi connectivity index (χ1v) is 25.7. The van der Waals surface area contributed by atoms with Crippen molar-refractivity contribution in [1.82, 2.24) is 4.57 Å². The summed E-state index contributed by atoms with van der Waals surface area (Å²) in [6, 6.07) is 51.8. The largest absolute Gasteiger partial charge is 0.310 e. The third-order valence-corrected chi connectivity index (χ3v) is 16.0. The molecule has 2 aliphatic heterocycles. The number of halogens is 2. The van der Waals surface area contributed by atoms with Crippen LogP contribution in [0.5, 0.6) is 0 Å². The van der Waals surface area contributed by atoms with Crippen LogP contribution in [0.3, 0.4) is 0 Å². The van der Waals surface area contributed by atoms with Gasteiger partial charge in [-0.15, -0.1) is 0 Å². The SMILES string of the molecule is C=C/C(=C\C)c1ccc2c(c1)B1c3cc(/C(C=C)=C/C)ccc3N(c3c(-c4ccccc4F)cccc3-c3ccccc3F)c3cc(-n4c5cc(C(C)(C)C)ccc5c5ccc(C(C)(C)C)cc54)cc(c31)S2. The van der Waals surface area contributed by atoms with Crippen molar-refractivity contribution in [3.63, 3.8) is 0 Å². The molecule has 0 bridgehead atoms. The molecule has 72 heavy (non-hydrogen) atoms. The predicted octanol–water partition coefficient (Wildman–Crippen LogP) is 16.9. The first-order chi connectivity index (χ1) is 34.6. The van der Waals surface area contributed by atoms with E-state index in [-0.39, 0.29) is 29.2 Å². The summed E-state index contributed by atoms with van der Waals surface area (Å²) in [5.41, 5.74) is 17.8. The monoisotopic (exact) mass is 958 g/mol. The summed E-state index contributed by atoms with van der Waals surface area (Å²) in [4.78, 5) is 4.60. The summed E-state index contributed by atoms with van der Waals surface area (Å²) < 4.78 is 35.7. The van der Waals surface area contributed by atoms with E-state index < -0.39 is 0 Å². The maximum atomic E-state index is 16.6.